The van der Waals surface area contributed by atoms with E-state index in [9.17, 15) is 0 Å². The maximum Gasteiger partial charge on any atom is 0.126 e. The van der Waals surface area contributed by atoms with Crippen molar-refractivity contribution in [3.05, 3.63) is 35.4 Å². The molecule has 1 aromatic carbocycles. The highest BCUT2D eigenvalue weighted by atomic mass is 16.5. The van der Waals surface area contributed by atoms with Crippen molar-refractivity contribution in [2.45, 2.75) is 13.8 Å². The molecule has 0 fully saturated rings. The lowest BCUT2D eigenvalue weighted by Crippen LogP contribution is -1.95. The molecule has 0 radical (unpaired) electrons. The van der Waals surface area contributed by atoms with Crippen LogP contribution in [0.4, 0.5) is 0 Å². The maximum atomic E-state index is 5.50. The smallest absolute Gasteiger partial charge is 0.126 e. The van der Waals surface area contributed by atoms with Crippen LogP contribution in [0.3, 0.4) is 0 Å². The van der Waals surface area contributed by atoms with Gasteiger partial charge in [0.25, 0.3) is 0 Å². The van der Waals surface area contributed by atoms with Crippen molar-refractivity contribution in [1.82, 2.24) is 0 Å². The Kier molecular flexibility index (Phi) is 4.20. The van der Waals surface area contributed by atoms with Gasteiger partial charge in [0.2, 0.25) is 0 Å². The molecule has 0 aliphatic heterocycles. The Hall–Kier alpha value is -1.28. The van der Waals surface area contributed by atoms with Crippen LogP contribution in [0.15, 0.2) is 24.3 Å². The molecule has 0 aliphatic rings. The first kappa shape index (κ1) is 10.8. The van der Waals surface area contributed by atoms with Crippen molar-refractivity contribution >= 4 is 6.08 Å². The fourth-order valence-corrected chi connectivity index (χ4v) is 1.28. The van der Waals surface area contributed by atoms with E-state index in [1.165, 1.54) is 5.56 Å². The summed E-state index contributed by atoms with van der Waals surface area (Å²) in [6.45, 7) is 5.29. The van der Waals surface area contributed by atoms with Gasteiger partial charge >= 0.3 is 0 Å². The average Bonchev–Trinajstić information content (AvgIpc) is 2.18. The van der Waals surface area contributed by atoms with Gasteiger partial charge in [0.15, 0.2) is 0 Å². The van der Waals surface area contributed by atoms with E-state index in [4.69, 9.17) is 10.5 Å². The van der Waals surface area contributed by atoms with Crippen molar-refractivity contribution < 1.29 is 4.74 Å². The van der Waals surface area contributed by atoms with E-state index in [-0.39, 0.29) is 0 Å². The molecule has 1 rings (SSSR count). The normalized spacial score (nSPS) is 10.8. The van der Waals surface area contributed by atoms with E-state index in [1.807, 2.05) is 31.2 Å². The van der Waals surface area contributed by atoms with Gasteiger partial charge in [-0.25, -0.2) is 0 Å². The SMILES string of the molecule is CCOc1ccc(C)cc1/C=C/CN. The molecule has 0 amide bonds. The van der Waals surface area contributed by atoms with E-state index < -0.39 is 0 Å². The Morgan fingerprint density at radius 3 is 2.86 bits per heavy atom. The zero-order chi connectivity index (χ0) is 10.4. The van der Waals surface area contributed by atoms with Gasteiger partial charge in [-0.05, 0) is 26.0 Å². The number of rotatable bonds is 4. The maximum absolute atomic E-state index is 5.50. The lowest BCUT2D eigenvalue weighted by atomic mass is 10.1. The van der Waals surface area contributed by atoms with Crippen molar-refractivity contribution in [1.29, 1.82) is 0 Å². The Labute approximate surface area is 85.4 Å². The summed E-state index contributed by atoms with van der Waals surface area (Å²) in [6, 6.07) is 6.14. The molecular formula is C12H17NO. The first-order valence-electron chi connectivity index (χ1n) is 4.88. The fourth-order valence-electron chi connectivity index (χ4n) is 1.28. The highest BCUT2D eigenvalue weighted by Gasteiger charge is 1.99. The van der Waals surface area contributed by atoms with Gasteiger partial charge in [-0.3, -0.25) is 0 Å². The Balaban J connectivity index is 2.96. The third kappa shape index (κ3) is 2.89. The van der Waals surface area contributed by atoms with Gasteiger partial charge in [-0.15, -0.1) is 0 Å². The molecule has 0 bridgehead atoms. The lowest BCUT2D eigenvalue weighted by molar-refractivity contribution is 0.339. The summed E-state index contributed by atoms with van der Waals surface area (Å²) < 4.78 is 5.50. The highest BCUT2D eigenvalue weighted by Crippen LogP contribution is 2.21. The van der Waals surface area contributed by atoms with E-state index in [0.717, 1.165) is 11.3 Å². The Bertz CT molecular complexity index is 318. The first-order chi connectivity index (χ1) is 6.77. The zero-order valence-electron chi connectivity index (χ0n) is 8.79. The highest BCUT2D eigenvalue weighted by molar-refractivity contribution is 5.58. The molecule has 0 aliphatic carbocycles. The molecule has 1 aromatic rings. The van der Waals surface area contributed by atoms with Gasteiger partial charge < -0.3 is 10.5 Å². The van der Waals surface area contributed by atoms with Crippen LogP contribution in [-0.2, 0) is 0 Å². The predicted octanol–water partition coefficient (Wildman–Crippen LogP) is 2.37. The van der Waals surface area contributed by atoms with Crippen molar-refractivity contribution in [3.8, 4) is 5.75 Å². The first-order valence-corrected chi connectivity index (χ1v) is 4.88. The predicted molar refractivity (Wildman–Crippen MR) is 60.4 cm³/mol. The Morgan fingerprint density at radius 1 is 1.43 bits per heavy atom. The van der Waals surface area contributed by atoms with Crippen LogP contribution in [0.1, 0.15) is 18.1 Å². The van der Waals surface area contributed by atoms with Gasteiger partial charge in [-0.2, -0.15) is 0 Å². The molecule has 2 nitrogen and oxygen atoms in total. The summed E-state index contributed by atoms with van der Waals surface area (Å²) in [4.78, 5) is 0. The van der Waals surface area contributed by atoms with Gasteiger partial charge in [0, 0.05) is 12.1 Å². The molecule has 0 aromatic heterocycles. The van der Waals surface area contributed by atoms with Crippen molar-refractivity contribution in [2.75, 3.05) is 13.2 Å². The lowest BCUT2D eigenvalue weighted by Gasteiger charge is -2.07. The molecule has 2 heteroatoms. The number of benzene rings is 1. The summed E-state index contributed by atoms with van der Waals surface area (Å²) in [5, 5.41) is 0. The molecule has 0 unspecified atom stereocenters. The second-order valence-electron chi connectivity index (χ2n) is 3.11. The van der Waals surface area contributed by atoms with Gasteiger partial charge in [-0.1, -0.05) is 23.8 Å². The minimum absolute atomic E-state index is 0.555. The summed E-state index contributed by atoms with van der Waals surface area (Å²) in [5.41, 5.74) is 7.73. The zero-order valence-corrected chi connectivity index (χ0v) is 8.79. The number of hydrogen-bond acceptors (Lipinski definition) is 2. The van der Waals surface area contributed by atoms with Crippen LogP contribution >= 0.6 is 0 Å². The number of hydrogen-bond donors (Lipinski definition) is 1. The van der Waals surface area contributed by atoms with Crippen LogP contribution in [-0.4, -0.2) is 13.2 Å². The molecule has 0 saturated carbocycles. The standard InChI is InChI=1S/C12H17NO/c1-3-14-12-7-6-10(2)9-11(12)5-4-8-13/h4-7,9H,3,8,13H2,1-2H3/b5-4+. The molecule has 14 heavy (non-hydrogen) atoms. The van der Waals surface area contributed by atoms with E-state index in [1.54, 1.807) is 0 Å². The van der Waals surface area contributed by atoms with Crippen molar-refractivity contribution in [3.63, 3.8) is 0 Å². The third-order valence-electron chi connectivity index (χ3n) is 1.90. The van der Waals surface area contributed by atoms with Gasteiger partial charge in [0.1, 0.15) is 5.75 Å². The summed E-state index contributed by atoms with van der Waals surface area (Å²) >= 11 is 0. The van der Waals surface area contributed by atoms with E-state index in [2.05, 4.69) is 13.0 Å². The van der Waals surface area contributed by atoms with Crippen LogP contribution < -0.4 is 10.5 Å². The minimum Gasteiger partial charge on any atom is -0.493 e. The van der Waals surface area contributed by atoms with E-state index >= 15 is 0 Å². The van der Waals surface area contributed by atoms with E-state index in [0.29, 0.717) is 13.2 Å². The summed E-state index contributed by atoms with van der Waals surface area (Å²) in [7, 11) is 0. The molecule has 0 saturated heterocycles. The second kappa shape index (κ2) is 5.45. The second-order valence-corrected chi connectivity index (χ2v) is 3.11. The van der Waals surface area contributed by atoms with Crippen LogP contribution in [0.25, 0.3) is 6.08 Å². The number of ether oxygens (including phenoxy) is 1. The van der Waals surface area contributed by atoms with Crippen LogP contribution in [0.2, 0.25) is 0 Å². The molecule has 0 atom stereocenters. The summed E-state index contributed by atoms with van der Waals surface area (Å²) in [5.74, 6) is 0.919. The average molecular weight is 191 g/mol. The largest absolute Gasteiger partial charge is 0.493 e. The van der Waals surface area contributed by atoms with Crippen molar-refractivity contribution in [2.24, 2.45) is 5.73 Å². The Morgan fingerprint density at radius 2 is 2.21 bits per heavy atom. The molecule has 0 heterocycles. The molecule has 2 N–H and O–H groups in total. The molecule has 76 valence electrons. The molecular weight excluding hydrogens is 174 g/mol. The van der Waals surface area contributed by atoms with Gasteiger partial charge in [0.05, 0.1) is 6.61 Å². The minimum atomic E-state index is 0.555. The van der Waals surface area contributed by atoms with Crippen LogP contribution in [0.5, 0.6) is 5.75 Å². The summed E-state index contributed by atoms with van der Waals surface area (Å²) in [6.07, 6.45) is 3.93. The quantitative estimate of drug-likeness (QED) is 0.793. The monoisotopic (exact) mass is 191 g/mol. The number of aryl methyl sites for hydroxylation is 1. The molecule has 0 spiro atoms. The number of nitrogens with two attached hydrogens (primary N) is 1. The fraction of sp³-hybridized carbons (Fsp3) is 0.333. The topological polar surface area (TPSA) is 35.2 Å². The third-order valence-corrected chi connectivity index (χ3v) is 1.90. The van der Waals surface area contributed by atoms with Crippen LogP contribution in [0, 0.1) is 6.92 Å².